The van der Waals surface area contributed by atoms with Crippen molar-refractivity contribution in [1.29, 1.82) is 0 Å². The van der Waals surface area contributed by atoms with Crippen LogP contribution >= 0.6 is 0 Å². The number of halogens is 3. The summed E-state index contributed by atoms with van der Waals surface area (Å²) in [4.78, 5) is 2.08. The summed E-state index contributed by atoms with van der Waals surface area (Å²) in [6.45, 7) is 1.14. The summed E-state index contributed by atoms with van der Waals surface area (Å²) in [7, 11) is 0. The lowest BCUT2D eigenvalue weighted by molar-refractivity contribution is 0.244. The zero-order valence-electron chi connectivity index (χ0n) is 11.5. The number of benzene rings is 2. The van der Waals surface area contributed by atoms with Crippen LogP contribution in [0.2, 0.25) is 0 Å². The van der Waals surface area contributed by atoms with Gasteiger partial charge in [-0.2, -0.15) is 0 Å². The Bertz CT molecular complexity index is 642. The van der Waals surface area contributed by atoms with Crippen LogP contribution in [0, 0.1) is 17.5 Å². The third kappa shape index (κ3) is 3.10. The van der Waals surface area contributed by atoms with E-state index in [-0.39, 0.29) is 11.9 Å². The molecule has 1 nitrogen and oxygen atoms in total. The third-order valence-corrected chi connectivity index (χ3v) is 3.98. The molecule has 0 radical (unpaired) electrons. The number of hydrogen-bond donors (Lipinski definition) is 0. The molecule has 1 saturated heterocycles. The van der Waals surface area contributed by atoms with E-state index in [2.05, 4.69) is 4.90 Å². The molecule has 1 atom stereocenters. The smallest absolute Gasteiger partial charge is 0.127 e. The molecular weight excluding hydrogens is 275 g/mol. The zero-order chi connectivity index (χ0) is 14.8. The van der Waals surface area contributed by atoms with Gasteiger partial charge in [-0.1, -0.05) is 12.1 Å². The summed E-state index contributed by atoms with van der Waals surface area (Å²) in [5.41, 5.74) is 1.24. The average Bonchev–Trinajstić information content (AvgIpc) is 2.91. The molecule has 0 aromatic heterocycles. The summed E-state index contributed by atoms with van der Waals surface area (Å²) in [6.07, 6.45) is 1.87. The first-order chi connectivity index (χ1) is 10.1. The number of likely N-dealkylation sites (tertiary alicyclic amines) is 1. The van der Waals surface area contributed by atoms with Crippen LogP contribution in [0.15, 0.2) is 42.5 Å². The molecule has 2 aromatic carbocycles. The van der Waals surface area contributed by atoms with Crippen LogP contribution in [0.1, 0.15) is 30.0 Å². The molecular formula is C17H16F3N. The summed E-state index contributed by atoms with van der Waals surface area (Å²) >= 11 is 0. The summed E-state index contributed by atoms with van der Waals surface area (Å²) in [5, 5.41) is 0. The largest absolute Gasteiger partial charge is 0.292 e. The fourth-order valence-corrected chi connectivity index (χ4v) is 2.99. The highest BCUT2D eigenvalue weighted by Crippen LogP contribution is 2.33. The minimum atomic E-state index is -0.437. The van der Waals surface area contributed by atoms with E-state index in [1.165, 1.54) is 18.2 Å². The Morgan fingerprint density at radius 2 is 1.81 bits per heavy atom. The minimum absolute atomic E-state index is 0.0587. The molecule has 0 saturated carbocycles. The fraction of sp³-hybridized carbons (Fsp3) is 0.294. The lowest BCUT2D eigenvalue weighted by atomic mass is 10.0. The van der Waals surface area contributed by atoms with Crippen LogP contribution in [-0.2, 0) is 6.54 Å². The number of rotatable bonds is 3. The molecule has 2 aromatic rings. The fourth-order valence-electron chi connectivity index (χ4n) is 2.99. The van der Waals surface area contributed by atoms with Crippen molar-refractivity contribution in [2.24, 2.45) is 0 Å². The van der Waals surface area contributed by atoms with Gasteiger partial charge in [0, 0.05) is 18.2 Å². The van der Waals surface area contributed by atoms with Gasteiger partial charge < -0.3 is 0 Å². The predicted molar refractivity (Wildman–Crippen MR) is 75.1 cm³/mol. The van der Waals surface area contributed by atoms with Gasteiger partial charge in [0.25, 0.3) is 0 Å². The second-order valence-corrected chi connectivity index (χ2v) is 5.42. The quantitative estimate of drug-likeness (QED) is 0.808. The summed E-state index contributed by atoms with van der Waals surface area (Å²) in [6, 6.07) is 10.1. The van der Waals surface area contributed by atoms with E-state index in [4.69, 9.17) is 0 Å². The SMILES string of the molecule is Fc1cccc([C@H]2CCCN2Cc2cc(F)ccc2F)c1. The van der Waals surface area contributed by atoms with E-state index in [0.717, 1.165) is 37.1 Å². The van der Waals surface area contributed by atoms with E-state index in [9.17, 15) is 13.2 Å². The Hall–Kier alpha value is -1.81. The normalized spacial score (nSPS) is 19.1. The molecule has 3 rings (SSSR count). The maximum atomic E-state index is 13.8. The lowest BCUT2D eigenvalue weighted by Gasteiger charge is -2.25. The molecule has 0 unspecified atom stereocenters. The Kier molecular flexibility index (Phi) is 3.97. The second kappa shape index (κ2) is 5.90. The first kappa shape index (κ1) is 14.1. The van der Waals surface area contributed by atoms with E-state index in [1.54, 1.807) is 6.07 Å². The van der Waals surface area contributed by atoms with Crippen molar-refractivity contribution in [3.05, 3.63) is 71.0 Å². The Labute approximate surface area is 122 Å². The number of hydrogen-bond acceptors (Lipinski definition) is 1. The molecule has 1 aliphatic heterocycles. The van der Waals surface area contributed by atoms with Crippen molar-refractivity contribution in [3.63, 3.8) is 0 Å². The van der Waals surface area contributed by atoms with Crippen molar-refractivity contribution >= 4 is 0 Å². The standard InChI is InChI=1S/C17H16F3N/c18-14-4-1-3-12(9-14)17-5-2-8-21(17)11-13-10-15(19)6-7-16(13)20/h1,3-4,6-7,9-10,17H,2,5,8,11H2/t17-/m1/s1. The van der Waals surface area contributed by atoms with E-state index in [0.29, 0.717) is 12.1 Å². The maximum Gasteiger partial charge on any atom is 0.127 e. The van der Waals surface area contributed by atoms with Crippen molar-refractivity contribution in [3.8, 4) is 0 Å². The highest BCUT2D eigenvalue weighted by atomic mass is 19.1. The lowest BCUT2D eigenvalue weighted by Crippen LogP contribution is -2.23. The monoisotopic (exact) mass is 291 g/mol. The third-order valence-electron chi connectivity index (χ3n) is 3.98. The predicted octanol–water partition coefficient (Wildman–Crippen LogP) is 4.44. The first-order valence-electron chi connectivity index (χ1n) is 7.07. The van der Waals surface area contributed by atoms with Crippen LogP contribution in [0.3, 0.4) is 0 Å². The minimum Gasteiger partial charge on any atom is -0.292 e. The van der Waals surface area contributed by atoms with Gasteiger partial charge in [0.15, 0.2) is 0 Å². The van der Waals surface area contributed by atoms with Crippen molar-refractivity contribution in [2.45, 2.75) is 25.4 Å². The van der Waals surface area contributed by atoms with Crippen LogP contribution in [0.5, 0.6) is 0 Å². The van der Waals surface area contributed by atoms with Crippen LogP contribution in [-0.4, -0.2) is 11.4 Å². The second-order valence-electron chi connectivity index (χ2n) is 5.42. The highest BCUT2D eigenvalue weighted by molar-refractivity contribution is 5.23. The van der Waals surface area contributed by atoms with Gasteiger partial charge in [-0.05, 0) is 55.3 Å². The molecule has 21 heavy (non-hydrogen) atoms. The molecule has 0 aliphatic carbocycles. The molecule has 0 spiro atoms. The number of nitrogens with zero attached hydrogens (tertiary/aromatic N) is 1. The maximum absolute atomic E-state index is 13.8. The molecule has 0 bridgehead atoms. The summed E-state index contributed by atoms with van der Waals surface area (Å²) < 4.78 is 40.4. The molecule has 1 fully saturated rings. The van der Waals surface area contributed by atoms with Crippen LogP contribution in [0.4, 0.5) is 13.2 Å². The van der Waals surface area contributed by atoms with E-state index in [1.807, 2.05) is 6.07 Å². The van der Waals surface area contributed by atoms with Crippen molar-refractivity contribution in [2.75, 3.05) is 6.54 Å². The molecule has 4 heteroatoms. The molecule has 1 heterocycles. The Morgan fingerprint density at radius 3 is 2.62 bits per heavy atom. The van der Waals surface area contributed by atoms with Gasteiger partial charge >= 0.3 is 0 Å². The average molecular weight is 291 g/mol. The van der Waals surface area contributed by atoms with Gasteiger partial charge in [0.05, 0.1) is 0 Å². The highest BCUT2D eigenvalue weighted by Gasteiger charge is 2.26. The van der Waals surface area contributed by atoms with Gasteiger partial charge in [-0.15, -0.1) is 0 Å². The van der Waals surface area contributed by atoms with Crippen molar-refractivity contribution in [1.82, 2.24) is 4.90 Å². The Morgan fingerprint density at radius 1 is 1.00 bits per heavy atom. The van der Waals surface area contributed by atoms with E-state index < -0.39 is 11.6 Å². The molecule has 110 valence electrons. The first-order valence-corrected chi connectivity index (χ1v) is 7.07. The molecule has 0 N–H and O–H groups in total. The topological polar surface area (TPSA) is 3.24 Å². The van der Waals surface area contributed by atoms with Crippen LogP contribution in [0.25, 0.3) is 0 Å². The molecule has 1 aliphatic rings. The van der Waals surface area contributed by atoms with Crippen molar-refractivity contribution < 1.29 is 13.2 Å². The zero-order valence-corrected chi connectivity index (χ0v) is 11.5. The van der Waals surface area contributed by atoms with E-state index >= 15 is 0 Å². The van der Waals surface area contributed by atoms with Crippen LogP contribution < -0.4 is 0 Å². The summed E-state index contributed by atoms with van der Waals surface area (Å²) in [5.74, 6) is -1.11. The van der Waals surface area contributed by atoms with Gasteiger partial charge in [0.1, 0.15) is 17.5 Å². The van der Waals surface area contributed by atoms with Gasteiger partial charge in [-0.3, -0.25) is 4.90 Å². The molecule has 0 amide bonds. The van der Waals surface area contributed by atoms with Gasteiger partial charge in [-0.25, -0.2) is 13.2 Å². The Balaban J connectivity index is 1.83. The van der Waals surface area contributed by atoms with Gasteiger partial charge in [0.2, 0.25) is 0 Å².